The molecule has 0 radical (unpaired) electrons. The van der Waals surface area contributed by atoms with E-state index < -0.39 is 11.9 Å². The maximum absolute atomic E-state index is 12.2. The maximum atomic E-state index is 12.2. The fourth-order valence-electron chi connectivity index (χ4n) is 2.26. The zero-order valence-corrected chi connectivity index (χ0v) is 15.3. The molecule has 1 aromatic carbocycles. The Morgan fingerprint density at radius 1 is 1.27 bits per heavy atom. The average molecular weight is 357 g/mol. The molecule has 2 aromatic rings. The van der Waals surface area contributed by atoms with Crippen LogP contribution in [-0.2, 0) is 4.79 Å². The van der Waals surface area contributed by atoms with Crippen LogP contribution in [0, 0.1) is 19.8 Å². The van der Waals surface area contributed by atoms with Gasteiger partial charge in [0.15, 0.2) is 0 Å². The summed E-state index contributed by atoms with van der Waals surface area (Å²) in [6.07, 6.45) is 1.67. The molecule has 0 aliphatic carbocycles. The molecule has 0 spiro atoms. The summed E-state index contributed by atoms with van der Waals surface area (Å²) in [5.41, 5.74) is 2.49. The molecule has 7 nitrogen and oxygen atoms in total. The lowest BCUT2D eigenvalue weighted by Crippen LogP contribution is -2.36. The van der Waals surface area contributed by atoms with E-state index in [0.29, 0.717) is 17.3 Å². The Balaban J connectivity index is 2.08. The van der Waals surface area contributed by atoms with E-state index in [0.717, 1.165) is 11.1 Å². The van der Waals surface area contributed by atoms with Crippen LogP contribution in [0.4, 0.5) is 10.5 Å². The van der Waals surface area contributed by atoms with Gasteiger partial charge in [0, 0.05) is 37.6 Å². The first-order chi connectivity index (χ1) is 12.3. The van der Waals surface area contributed by atoms with Crippen molar-refractivity contribution in [3.05, 3.63) is 47.7 Å². The van der Waals surface area contributed by atoms with Crippen LogP contribution in [-0.4, -0.2) is 40.6 Å². The minimum absolute atomic E-state index is 0.115. The number of hydrogen-bond donors (Lipinski definition) is 2. The van der Waals surface area contributed by atoms with Gasteiger partial charge in [-0.15, -0.1) is 0 Å². The van der Waals surface area contributed by atoms with Crippen molar-refractivity contribution in [1.82, 2.24) is 9.88 Å². The SMILES string of the molecule is Cc1ccnc(Oc2cc(NC(=O)N(C)CC(C)C(=O)O)ccc2C)c1. The summed E-state index contributed by atoms with van der Waals surface area (Å²) < 4.78 is 5.81. The van der Waals surface area contributed by atoms with Crippen molar-refractivity contribution in [1.29, 1.82) is 0 Å². The van der Waals surface area contributed by atoms with E-state index in [-0.39, 0.29) is 12.6 Å². The smallest absolute Gasteiger partial charge is 0.321 e. The molecule has 0 saturated carbocycles. The van der Waals surface area contributed by atoms with E-state index in [9.17, 15) is 9.59 Å². The van der Waals surface area contributed by atoms with Gasteiger partial charge in [-0.3, -0.25) is 4.79 Å². The largest absolute Gasteiger partial charge is 0.481 e. The summed E-state index contributed by atoms with van der Waals surface area (Å²) in [7, 11) is 1.55. The van der Waals surface area contributed by atoms with Crippen LogP contribution in [0.1, 0.15) is 18.1 Å². The molecule has 1 aromatic heterocycles. The van der Waals surface area contributed by atoms with Crippen LogP contribution < -0.4 is 10.1 Å². The Kier molecular flexibility index (Phi) is 6.16. The fourth-order valence-corrected chi connectivity index (χ4v) is 2.26. The van der Waals surface area contributed by atoms with E-state index in [2.05, 4.69) is 10.3 Å². The zero-order chi connectivity index (χ0) is 19.3. The number of carbonyl (C=O) groups is 2. The molecule has 1 heterocycles. The third-order valence-corrected chi connectivity index (χ3v) is 3.86. The molecule has 0 saturated heterocycles. The van der Waals surface area contributed by atoms with E-state index in [1.165, 1.54) is 4.90 Å². The normalized spacial score (nSPS) is 11.5. The van der Waals surface area contributed by atoms with Crippen molar-refractivity contribution >= 4 is 17.7 Å². The summed E-state index contributed by atoms with van der Waals surface area (Å²) in [6, 6.07) is 8.63. The molecule has 0 aliphatic heterocycles. The number of nitrogens with zero attached hydrogens (tertiary/aromatic N) is 2. The number of carbonyl (C=O) groups excluding carboxylic acids is 1. The Bertz CT molecular complexity index is 807. The lowest BCUT2D eigenvalue weighted by Gasteiger charge is -2.20. The van der Waals surface area contributed by atoms with Crippen molar-refractivity contribution in [2.45, 2.75) is 20.8 Å². The van der Waals surface area contributed by atoms with E-state index >= 15 is 0 Å². The third kappa shape index (κ3) is 5.20. The number of ether oxygens (including phenoxy) is 1. The van der Waals surface area contributed by atoms with Gasteiger partial charge in [-0.1, -0.05) is 13.0 Å². The number of aromatic nitrogens is 1. The highest BCUT2D eigenvalue weighted by Gasteiger charge is 2.17. The maximum Gasteiger partial charge on any atom is 0.321 e. The quantitative estimate of drug-likeness (QED) is 0.823. The lowest BCUT2D eigenvalue weighted by atomic mass is 10.2. The van der Waals surface area contributed by atoms with Gasteiger partial charge in [0.05, 0.1) is 5.92 Å². The highest BCUT2D eigenvalue weighted by atomic mass is 16.5. The standard InChI is InChI=1S/C19H23N3O4/c1-12-7-8-20-17(9-12)26-16-10-15(6-5-13(16)2)21-19(25)22(4)11-14(3)18(23)24/h5-10,14H,11H2,1-4H3,(H,21,25)(H,23,24). The van der Waals surface area contributed by atoms with Crippen molar-refractivity contribution in [2.24, 2.45) is 5.92 Å². The Morgan fingerprint density at radius 2 is 2.00 bits per heavy atom. The third-order valence-electron chi connectivity index (χ3n) is 3.86. The summed E-state index contributed by atoms with van der Waals surface area (Å²) in [5, 5.41) is 11.7. The number of pyridine rings is 1. The van der Waals surface area contributed by atoms with Gasteiger partial charge < -0.3 is 20.1 Å². The molecular weight excluding hydrogens is 334 g/mol. The number of aryl methyl sites for hydroxylation is 2. The first kappa shape index (κ1) is 19.2. The van der Waals surface area contributed by atoms with E-state index in [1.807, 2.05) is 32.0 Å². The summed E-state index contributed by atoms with van der Waals surface area (Å²) in [5.74, 6) is -0.525. The van der Waals surface area contributed by atoms with Crippen molar-refractivity contribution in [3.8, 4) is 11.6 Å². The second kappa shape index (κ2) is 8.33. The monoisotopic (exact) mass is 357 g/mol. The summed E-state index contributed by atoms with van der Waals surface area (Å²) in [4.78, 5) is 28.7. The molecule has 0 aliphatic rings. The number of amides is 2. The van der Waals surface area contributed by atoms with Crippen LogP contribution in [0.2, 0.25) is 0 Å². The molecule has 1 unspecified atom stereocenters. The Morgan fingerprint density at radius 3 is 2.65 bits per heavy atom. The number of hydrogen-bond acceptors (Lipinski definition) is 4. The molecule has 7 heteroatoms. The zero-order valence-electron chi connectivity index (χ0n) is 15.3. The van der Waals surface area contributed by atoms with Crippen molar-refractivity contribution < 1.29 is 19.4 Å². The minimum atomic E-state index is -0.943. The van der Waals surface area contributed by atoms with Crippen molar-refractivity contribution in [2.75, 3.05) is 18.9 Å². The lowest BCUT2D eigenvalue weighted by molar-refractivity contribution is -0.141. The van der Waals surface area contributed by atoms with Crippen LogP contribution in [0.25, 0.3) is 0 Å². The van der Waals surface area contributed by atoms with Crippen LogP contribution in [0.3, 0.4) is 0 Å². The van der Waals surface area contributed by atoms with E-state index in [1.54, 1.807) is 32.3 Å². The topological polar surface area (TPSA) is 91.8 Å². The number of urea groups is 1. The molecule has 26 heavy (non-hydrogen) atoms. The summed E-state index contributed by atoms with van der Waals surface area (Å²) in [6.45, 7) is 5.52. The van der Waals surface area contributed by atoms with Gasteiger partial charge in [-0.05, 0) is 37.1 Å². The highest BCUT2D eigenvalue weighted by Crippen LogP contribution is 2.27. The van der Waals surface area contributed by atoms with Crippen molar-refractivity contribution in [3.63, 3.8) is 0 Å². The summed E-state index contributed by atoms with van der Waals surface area (Å²) >= 11 is 0. The number of carboxylic acids is 1. The number of rotatable bonds is 6. The molecule has 138 valence electrons. The second-order valence-corrected chi connectivity index (χ2v) is 6.30. The predicted octanol–water partition coefficient (Wildman–Crippen LogP) is 3.68. The molecule has 2 N–H and O–H groups in total. The van der Waals surface area contributed by atoms with E-state index in [4.69, 9.17) is 9.84 Å². The molecular formula is C19H23N3O4. The van der Waals surface area contributed by atoms with Crippen LogP contribution in [0.5, 0.6) is 11.6 Å². The highest BCUT2D eigenvalue weighted by molar-refractivity contribution is 5.89. The van der Waals surface area contributed by atoms with Crippen LogP contribution >= 0.6 is 0 Å². The first-order valence-electron chi connectivity index (χ1n) is 8.22. The Labute approximate surface area is 152 Å². The molecule has 2 rings (SSSR count). The number of anilines is 1. The van der Waals surface area contributed by atoms with Crippen LogP contribution in [0.15, 0.2) is 36.5 Å². The number of benzene rings is 1. The molecule has 2 amide bonds. The number of nitrogens with one attached hydrogen (secondary N) is 1. The number of aliphatic carboxylic acids is 1. The fraction of sp³-hybridized carbons (Fsp3) is 0.316. The van der Waals surface area contributed by atoms with Gasteiger partial charge in [0.25, 0.3) is 0 Å². The average Bonchev–Trinajstić information content (AvgIpc) is 2.57. The van der Waals surface area contributed by atoms with Gasteiger partial charge in [0.2, 0.25) is 5.88 Å². The molecule has 0 bridgehead atoms. The first-order valence-corrected chi connectivity index (χ1v) is 8.22. The minimum Gasteiger partial charge on any atom is -0.481 e. The van der Waals surface area contributed by atoms with Gasteiger partial charge in [0.1, 0.15) is 5.75 Å². The van der Waals surface area contributed by atoms with Gasteiger partial charge in [-0.25, -0.2) is 9.78 Å². The number of carboxylic acid groups (broad SMARTS) is 1. The second-order valence-electron chi connectivity index (χ2n) is 6.30. The predicted molar refractivity (Wildman–Crippen MR) is 98.7 cm³/mol. The molecule has 0 fully saturated rings. The Hall–Kier alpha value is -3.09. The van der Waals surface area contributed by atoms with Gasteiger partial charge in [-0.2, -0.15) is 0 Å². The molecule has 1 atom stereocenters. The van der Waals surface area contributed by atoms with Gasteiger partial charge >= 0.3 is 12.0 Å².